The SMILES string of the molecule is CC(C)(C)CC(=O)N1CCCc2cc(S(=O)(=O)N3CCCC3)ccc21. The molecule has 6 heteroatoms. The molecule has 5 nitrogen and oxygen atoms in total. The molecule has 0 aromatic heterocycles. The molecular formula is C19H28N2O3S. The summed E-state index contributed by atoms with van der Waals surface area (Å²) >= 11 is 0. The van der Waals surface area contributed by atoms with Gasteiger partial charge in [-0.05, 0) is 54.9 Å². The summed E-state index contributed by atoms with van der Waals surface area (Å²) in [5.41, 5.74) is 1.78. The first-order valence-electron chi connectivity index (χ1n) is 9.12. The number of benzene rings is 1. The molecule has 1 fully saturated rings. The van der Waals surface area contributed by atoms with Crippen LogP contribution in [-0.4, -0.2) is 38.3 Å². The van der Waals surface area contributed by atoms with Crippen molar-refractivity contribution < 1.29 is 13.2 Å². The Kier molecular flexibility index (Phi) is 4.95. The van der Waals surface area contributed by atoms with Crippen molar-refractivity contribution in [1.29, 1.82) is 0 Å². The predicted octanol–water partition coefficient (Wildman–Crippen LogP) is 3.19. The van der Waals surface area contributed by atoms with Crippen LogP contribution in [0.4, 0.5) is 5.69 Å². The zero-order valence-electron chi connectivity index (χ0n) is 15.4. The second-order valence-electron chi connectivity index (χ2n) is 8.29. The van der Waals surface area contributed by atoms with Gasteiger partial charge in [0.1, 0.15) is 0 Å². The highest BCUT2D eigenvalue weighted by atomic mass is 32.2. The lowest BCUT2D eigenvalue weighted by molar-refractivity contribution is -0.120. The maximum atomic E-state index is 12.8. The van der Waals surface area contributed by atoms with Crippen LogP contribution in [0.25, 0.3) is 0 Å². The molecule has 138 valence electrons. The molecule has 0 saturated carbocycles. The van der Waals surface area contributed by atoms with Crippen molar-refractivity contribution >= 4 is 21.6 Å². The van der Waals surface area contributed by atoms with E-state index in [-0.39, 0.29) is 11.3 Å². The van der Waals surface area contributed by atoms with E-state index in [0.29, 0.717) is 31.0 Å². The lowest BCUT2D eigenvalue weighted by Gasteiger charge is -2.32. The van der Waals surface area contributed by atoms with E-state index in [9.17, 15) is 13.2 Å². The molecule has 2 heterocycles. The topological polar surface area (TPSA) is 57.7 Å². The number of sulfonamides is 1. The molecule has 0 radical (unpaired) electrons. The summed E-state index contributed by atoms with van der Waals surface area (Å²) in [6.45, 7) is 8.09. The minimum atomic E-state index is -3.41. The van der Waals surface area contributed by atoms with Crippen LogP contribution in [0.5, 0.6) is 0 Å². The lowest BCUT2D eigenvalue weighted by atomic mass is 9.90. The van der Waals surface area contributed by atoms with Gasteiger partial charge in [-0.25, -0.2) is 8.42 Å². The molecule has 0 bridgehead atoms. The Morgan fingerprint density at radius 3 is 2.40 bits per heavy atom. The van der Waals surface area contributed by atoms with Crippen LogP contribution < -0.4 is 4.90 Å². The summed E-state index contributed by atoms with van der Waals surface area (Å²) in [5.74, 6) is 0.114. The molecule has 2 aliphatic heterocycles. The highest BCUT2D eigenvalue weighted by Crippen LogP contribution is 2.33. The second kappa shape index (κ2) is 6.72. The van der Waals surface area contributed by atoms with Gasteiger partial charge in [0.25, 0.3) is 0 Å². The van der Waals surface area contributed by atoms with Gasteiger partial charge in [0.15, 0.2) is 0 Å². The number of fused-ring (bicyclic) bond motifs is 1. The van der Waals surface area contributed by atoms with Gasteiger partial charge in [0, 0.05) is 31.7 Å². The average molecular weight is 365 g/mol. The van der Waals surface area contributed by atoms with Crippen LogP contribution in [0.3, 0.4) is 0 Å². The third-order valence-electron chi connectivity index (χ3n) is 4.86. The first-order valence-corrected chi connectivity index (χ1v) is 10.6. The molecule has 3 rings (SSSR count). The summed E-state index contributed by atoms with van der Waals surface area (Å²) in [5, 5.41) is 0. The normalized spacial score (nSPS) is 19.1. The van der Waals surface area contributed by atoms with Crippen LogP contribution in [0.1, 0.15) is 52.0 Å². The quantitative estimate of drug-likeness (QED) is 0.828. The van der Waals surface area contributed by atoms with Crippen molar-refractivity contribution in [1.82, 2.24) is 4.31 Å². The number of hydrogen-bond acceptors (Lipinski definition) is 3. The first-order chi connectivity index (χ1) is 11.7. The van der Waals surface area contributed by atoms with Crippen LogP contribution in [-0.2, 0) is 21.2 Å². The van der Waals surface area contributed by atoms with Crippen LogP contribution in [0.15, 0.2) is 23.1 Å². The largest absolute Gasteiger partial charge is 0.312 e. The third-order valence-corrected chi connectivity index (χ3v) is 6.75. The highest BCUT2D eigenvalue weighted by Gasteiger charge is 2.30. The average Bonchev–Trinajstić information content (AvgIpc) is 3.07. The maximum Gasteiger partial charge on any atom is 0.243 e. The van der Waals surface area contributed by atoms with E-state index >= 15 is 0 Å². The Bertz CT molecular complexity index is 759. The Balaban J connectivity index is 1.89. The van der Waals surface area contributed by atoms with Gasteiger partial charge < -0.3 is 4.90 Å². The number of aryl methyl sites for hydroxylation is 1. The standard InChI is InChI=1S/C19H28N2O3S/c1-19(2,3)14-18(22)21-12-6-7-15-13-16(8-9-17(15)21)25(23,24)20-10-4-5-11-20/h8-9,13H,4-7,10-12,14H2,1-3H3. The summed E-state index contributed by atoms with van der Waals surface area (Å²) < 4.78 is 27.1. The third kappa shape index (κ3) is 3.90. The van der Waals surface area contributed by atoms with E-state index in [2.05, 4.69) is 20.8 Å². The predicted molar refractivity (Wildman–Crippen MR) is 99.2 cm³/mol. The number of carbonyl (C=O) groups is 1. The second-order valence-corrected chi connectivity index (χ2v) is 10.2. The Morgan fingerprint density at radius 1 is 1.08 bits per heavy atom. The van der Waals surface area contributed by atoms with Gasteiger partial charge in [-0.3, -0.25) is 4.79 Å². The molecule has 1 saturated heterocycles. The van der Waals surface area contributed by atoms with Gasteiger partial charge in [0.05, 0.1) is 4.90 Å². The molecule has 1 aromatic rings. The minimum absolute atomic E-state index is 0.0618. The van der Waals surface area contributed by atoms with E-state index in [4.69, 9.17) is 0 Å². The van der Waals surface area contributed by atoms with Crippen LogP contribution in [0.2, 0.25) is 0 Å². The molecule has 2 aliphatic rings. The highest BCUT2D eigenvalue weighted by molar-refractivity contribution is 7.89. The summed E-state index contributed by atoms with van der Waals surface area (Å²) in [4.78, 5) is 14.9. The smallest absolute Gasteiger partial charge is 0.243 e. The summed E-state index contributed by atoms with van der Waals surface area (Å²) in [6, 6.07) is 5.26. The number of rotatable bonds is 3. The van der Waals surface area contributed by atoms with Crippen LogP contribution >= 0.6 is 0 Å². The van der Waals surface area contributed by atoms with Gasteiger partial charge in [-0.1, -0.05) is 20.8 Å². The Labute approximate surface area is 151 Å². The number of nitrogens with zero attached hydrogens (tertiary/aromatic N) is 2. The molecule has 0 unspecified atom stereocenters. The molecule has 0 atom stereocenters. The van der Waals surface area contributed by atoms with Gasteiger partial charge in [-0.15, -0.1) is 0 Å². The van der Waals surface area contributed by atoms with Gasteiger partial charge in [-0.2, -0.15) is 4.31 Å². The Morgan fingerprint density at radius 2 is 1.76 bits per heavy atom. The minimum Gasteiger partial charge on any atom is -0.312 e. The molecule has 0 N–H and O–H groups in total. The summed E-state index contributed by atoms with van der Waals surface area (Å²) in [6.07, 6.45) is 4.03. The zero-order chi connectivity index (χ0) is 18.2. The number of anilines is 1. The van der Waals surface area contributed by atoms with Crippen LogP contribution in [0, 0.1) is 5.41 Å². The lowest BCUT2D eigenvalue weighted by Crippen LogP contribution is -2.37. The van der Waals surface area contributed by atoms with E-state index in [1.54, 1.807) is 16.4 Å². The van der Waals surface area contributed by atoms with E-state index in [1.807, 2.05) is 11.0 Å². The van der Waals surface area contributed by atoms with E-state index in [1.165, 1.54) is 0 Å². The maximum absolute atomic E-state index is 12.8. The van der Waals surface area contributed by atoms with Crippen molar-refractivity contribution in [3.8, 4) is 0 Å². The first kappa shape index (κ1) is 18.4. The van der Waals surface area contributed by atoms with Gasteiger partial charge in [0.2, 0.25) is 15.9 Å². The summed E-state index contributed by atoms with van der Waals surface area (Å²) in [7, 11) is -3.41. The molecule has 1 amide bonds. The molecular weight excluding hydrogens is 336 g/mol. The number of carbonyl (C=O) groups excluding carboxylic acids is 1. The fourth-order valence-electron chi connectivity index (χ4n) is 3.62. The van der Waals surface area contributed by atoms with Crippen molar-refractivity contribution in [3.05, 3.63) is 23.8 Å². The molecule has 25 heavy (non-hydrogen) atoms. The Hall–Kier alpha value is -1.40. The van der Waals surface area contributed by atoms with Crippen molar-refractivity contribution in [3.63, 3.8) is 0 Å². The fraction of sp³-hybridized carbons (Fsp3) is 0.632. The van der Waals surface area contributed by atoms with E-state index in [0.717, 1.165) is 36.9 Å². The van der Waals surface area contributed by atoms with Crippen molar-refractivity contribution in [2.24, 2.45) is 5.41 Å². The van der Waals surface area contributed by atoms with Crippen molar-refractivity contribution in [2.75, 3.05) is 24.5 Å². The monoisotopic (exact) mass is 364 g/mol. The number of hydrogen-bond donors (Lipinski definition) is 0. The fourth-order valence-corrected chi connectivity index (χ4v) is 5.19. The number of amides is 1. The molecule has 0 spiro atoms. The molecule has 1 aromatic carbocycles. The van der Waals surface area contributed by atoms with Gasteiger partial charge >= 0.3 is 0 Å². The van der Waals surface area contributed by atoms with Crippen molar-refractivity contribution in [2.45, 2.75) is 57.8 Å². The van der Waals surface area contributed by atoms with E-state index < -0.39 is 10.0 Å². The molecule has 0 aliphatic carbocycles. The zero-order valence-corrected chi connectivity index (χ0v) is 16.2.